The van der Waals surface area contributed by atoms with Crippen LogP contribution >= 0.6 is 11.6 Å². The first kappa shape index (κ1) is 20.4. The van der Waals surface area contributed by atoms with Crippen LogP contribution in [0.1, 0.15) is 18.3 Å². The van der Waals surface area contributed by atoms with Crippen LogP contribution in [0.2, 0.25) is 5.02 Å². The Morgan fingerprint density at radius 1 is 1.09 bits per heavy atom. The summed E-state index contributed by atoms with van der Waals surface area (Å²) < 4.78 is 15.9. The summed E-state index contributed by atoms with van der Waals surface area (Å²) in [5, 5.41) is 16.8. The van der Waals surface area contributed by atoms with Crippen molar-refractivity contribution >= 4 is 28.9 Å². The summed E-state index contributed by atoms with van der Waals surface area (Å²) in [7, 11) is 1.87. The van der Waals surface area contributed by atoms with Crippen LogP contribution in [0, 0.1) is 0 Å². The van der Waals surface area contributed by atoms with E-state index >= 15 is 0 Å². The van der Waals surface area contributed by atoms with E-state index in [2.05, 4.69) is 30.6 Å². The Labute approximate surface area is 199 Å². The number of rotatable bonds is 5. The summed E-state index contributed by atoms with van der Waals surface area (Å²) in [5.41, 5.74) is 2.57. The van der Waals surface area contributed by atoms with Gasteiger partial charge in [-0.15, -0.1) is 10.2 Å². The van der Waals surface area contributed by atoms with E-state index in [4.69, 9.17) is 21.1 Å². The molecule has 0 radical (unpaired) electrons. The lowest BCUT2D eigenvalue weighted by atomic mass is 10.1. The van der Waals surface area contributed by atoms with E-state index in [0.29, 0.717) is 47.0 Å². The summed E-state index contributed by atoms with van der Waals surface area (Å²) >= 11 is 6.06. The molecular formula is C23H19ClN8O2. The van der Waals surface area contributed by atoms with Gasteiger partial charge in [0.2, 0.25) is 5.88 Å². The van der Waals surface area contributed by atoms with E-state index in [9.17, 15) is 0 Å². The minimum Gasteiger partial charge on any atom is -0.481 e. The average molecular weight is 475 g/mol. The first-order valence-corrected chi connectivity index (χ1v) is 11.0. The topological polar surface area (TPSA) is 104 Å². The van der Waals surface area contributed by atoms with Crippen molar-refractivity contribution in [3.05, 3.63) is 72.0 Å². The number of hydrogen-bond donors (Lipinski definition) is 1. The smallest absolute Gasteiger partial charge is 0.201 e. The van der Waals surface area contributed by atoms with Crippen molar-refractivity contribution in [2.24, 2.45) is 7.05 Å². The minimum atomic E-state index is -0.349. The second-order valence-electron chi connectivity index (χ2n) is 7.81. The fourth-order valence-electron chi connectivity index (χ4n) is 3.93. The quantitative estimate of drug-likeness (QED) is 0.403. The van der Waals surface area contributed by atoms with E-state index in [-0.39, 0.29) is 6.10 Å². The largest absolute Gasteiger partial charge is 0.481 e. The third-order valence-electron chi connectivity index (χ3n) is 5.54. The molecule has 0 amide bonds. The Hall–Kier alpha value is -4.18. The monoisotopic (exact) mass is 474 g/mol. The van der Waals surface area contributed by atoms with Crippen LogP contribution in [-0.2, 0) is 7.05 Å². The molecule has 1 atom stereocenters. The minimum absolute atomic E-state index is 0.349. The number of halogens is 1. The molecule has 0 aliphatic carbocycles. The van der Waals surface area contributed by atoms with E-state index in [1.54, 1.807) is 35.5 Å². The highest BCUT2D eigenvalue weighted by atomic mass is 35.5. The number of nitrogens with zero attached hydrogens (tertiary/aromatic N) is 7. The highest BCUT2D eigenvalue weighted by Crippen LogP contribution is 2.34. The normalized spacial score (nSPS) is 15.1. The molecule has 1 aliphatic rings. The van der Waals surface area contributed by atoms with Crippen molar-refractivity contribution in [2.45, 2.75) is 12.5 Å². The third-order valence-corrected chi connectivity index (χ3v) is 5.75. The van der Waals surface area contributed by atoms with Crippen molar-refractivity contribution in [3.63, 3.8) is 0 Å². The zero-order valence-corrected chi connectivity index (χ0v) is 18.8. The lowest BCUT2D eigenvalue weighted by Crippen LogP contribution is -2.12. The van der Waals surface area contributed by atoms with Gasteiger partial charge >= 0.3 is 0 Å². The van der Waals surface area contributed by atoms with Gasteiger partial charge < -0.3 is 14.8 Å². The number of hydrogen-bond acceptors (Lipinski definition) is 8. The Morgan fingerprint density at radius 3 is 2.88 bits per heavy atom. The lowest BCUT2D eigenvalue weighted by Gasteiger charge is -2.15. The predicted molar refractivity (Wildman–Crippen MR) is 125 cm³/mol. The Bertz CT molecular complexity index is 1500. The molecule has 6 heterocycles. The molecular weight excluding hydrogens is 456 g/mol. The van der Waals surface area contributed by atoms with Gasteiger partial charge in [-0.25, -0.2) is 9.38 Å². The van der Waals surface area contributed by atoms with Crippen LogP contribution < -0.4 is 14.8 Å². The van der Waals surface area contributed by atoms with E-state index in [1.807, 2.05) is 41.8 Å². The molecule has 170 valence electrons. The lowest BCUT2D eigenvalue weighted by molar-refractivity contribution is 0.165. The molecule has 34 heavy (non-hydrogen) atoms. The highest BCUT2D eigenvalue weighted by molar-refractivity contribution is 6.30. The van der Waals surface area contributed by atoms with Gasteiger partial charge in [-0.05, 0) is 29.3 Å². The van der Waals surface area contributed by atoms with Gasteiger partial charge in [-0.2, -0.15) is 5.10 Å². The standard InChI is InChI=1S/C23H19ClN8O2/c1-31-20(3-6-27-31)28-19-8-14(2-5-26-19)15-9-21-29-30-23-18(4-7-33-22(10-15)32(21)23)34-17-11-16(24)12-25-13-17/h2-3,5-6,8-13,18H,4,7H2,1H3,(H,26,28)/t18-/m0/s1. The maximum Gasteiger partial charge on any atom is 0.201 e. The van der Waals surface area contributed by atoms with Gasteiger partial charge in [0.05, 0.1) is 24.0 Å². The molecule has 0 aromatic carbocycles. The first-order valence-electron chi connectivity index (χ1n) is 10.6. The molecule has 11 heteroatoms. The van der Waals surface area contributed by atoms with Gasteiger partial charge in [0.1, 0.15) is 17.4 Å². The molecule has 0 fully saturated rings. The second-order valence-corrected chi connectivity index (χ2v) is 8.25. The fraction of sp³-hybridized carbons (Fsp3) is 0.174. The zero-order valence-electron chi connectivity index (χ0n) is 18.1. The van der Waals surface area contributed by atoms with Gasteiger partial charge in [0, 0.05) is 44.1 Å². The van der Waals surface area contributed by atoms with Gasteiger partial charge in [0.15, 0.2) is 17.6 Å². The number of aromatic nitrogens is 7. The van der Waals surface area contributed by atoms with Crippen molar-refractivity contribution in [1.29, 1.82) is 0 Å². The molecule has 1 aliphatic heterocycles. The number of anilines is 2. The first-order chi connectivity index (χ1) is 16.6. The Balaban J connectivity index is 1.34. The maximum absolute atomic E-state index is 6.14. The SMILES string of the molecule is Cn1nccc1Nc1cc(-c2cc3n4c(nnc4c2)[C@@H](Oc2cncc(Cl)c2)CCO3)ccn1. The summed E-state index contributed by atoms with van der Waals surface area (Å²) in [6.07, 6.45) is 6.93. The van der Waals surface area contributed by atoms with Crippen LogP contribution in [-0.4, -0.2) is 41.0 Å². The second kappa shape index (κ2) is 8.31. The van der Waals surface area contributed by atoms with Crippen molar-refractivity contribution < 1.29 is 9.47 Å². The Kier molecular flexibility index (Phi) is 4.99. The fourth-order valence-corrected chi connectivity index (χ4v) is 4.09. The van der Waals surface area contributed by atoms with E-state index in [0.717, 1.165) is 16.9 Å². The van der Waals surface area contributed by atoms with Crippen molar-refractivity contribution in [2.75, 3.05) is 11.9 Å². The molecule has 5 aromatic heterocycles. The molecule has 6 rings (SSSR count). The molecule has 0 spiro atoms. The molecule has 10 nitrogen and oxygen atoms in total. The predicted octanol–water partition coefficient (Wildman–Crippen LogP) is 4.22. The molecule has 0 bridgehead atoms. The number of nitrogens with one attached hydrogen (secondary N) is 1. The van der Waals surface area contributed by atoms with Crippen molar-refractivity contribution in [1.82, 2.24) is 34.3 Å². The van der Waals surface area contributed by atoms with E-state index in [1.165, 1.54) is 0 Å². The zero-order chi connectivity index (χ0) is 23.1. The van der Waals surface area contributed by atoms with Crippen LogP contribution in [0.15, 0.2) is 61.2 Å². The molecule has 1 N–H and O–H groups in total. The van der Waals surface area contributed by atoms with Gasteiger partial charge in [-0.3, -0.25) is 9.67 Å². The maximum atomic E-state index is 6.14. The van der Waals surface area contributed by atoms with Gasteiger partial charge in [0.25, 0.3) is 0 Å². The molecule has 0 saturated heterocycles. The van der Waals surface area contributed by atoms with Crippen LogP contribution in [0.3, 0.4) is 0 Å². The molecule has 5 aromatic rings. The van der Waals surface area contributed by atoms with Crippen LogP contribution in [0.4, 0.5) is 11.6 Å². The van der Waals surface area contributed by atoms with Crippen molar-refractivity contribution in [3.8, 4) is 22.8 Å². The van der Waals surface area contributed by atoms with Gasteiger partial charge in [-0.1, -0.05) is 11.6 Å². The molecule has 0 saturated carbocycles. The Morgan fingerprint density at radius 2 is 2.03 bits per heavy atom. The summed E-state index contributed by atoms with van der Waals surface area (Å²) in [6.45, 7) is 0.463. The third kappa shape index (κ3) is 3.77. The molecule has 0 unspecified atom stereocenters. The van der Waals surface area contributed by atoms with E-state index < -0.39 is 0 Å². The number of pyridine rings is 3. The summed E-state index contributed by atoms with van der Waals surface area (Å²) in [4.78, 5) is 8.51. The summed E-state index contributed by atoms with van der Waals surface area (Å²) in [6, 6.07) is 11.5. The van der Waals surface area contributed by atoms with Crippen LogP contribution in [0.25, 0.3) is 16.8 Å². The average Bonchev–Trinajstić information content (AvgIpc) is 3.40. The van der Waals surface area contributed by atoms with Crippen LogP contribution in [0.5, 0.6) is 11.6 Å². The summed E-state index contributed by atoms with van der Waals surface area (Å²) in [5.74, 6) is 3.44. The highest BCUT2D eigenvalue weighted by Gasteiger charge is 2.26. The number of aryl methyl sites for hydroxylation is 1. The number of ether oxygens (including phenoxy) is 2.